The smallest absolute Gasteiger partial charge is 0.308 e. The first-order valence-corrected chi connectivity index (χ1v) is 10.8. The van der Waals surface area contributed by atoms with Gasteiger partial charge in [0.05, 0.1) is 12.4 Å². The van der Waals surface area contributed by atoms with E-state index in [1.807, 2.05) is 50.2 Å². The molecule has 0 aliphatic carbocycles. The van der Waals surface area contributed by atoms with E-state index < -0.39 is 10.1 Å². The molecule has 2 aromatic rings. The molecule has 28 heavy (non-hydrogen) atoms. The summed E-state index contributed by atoms with van der Waals surface area (Å²) in [4.78, 5) is 14.3. The third kappa shape index (κ3) is 6.98. The summed E-state index contributed by atoms with van der Waals surface area (Å²) in [6.45, 7) is 6.07. The minimum absolute atomic E-state index is 0.0204. The molecule has 2 aromatic carbocycles. The predicted molar refractivity (Wildman–Crippen MR) is 108 cm³/mol. The molecule has 0 heterocycles. The van der Waals surface area contributed by atoms with Crippen molar-refractivity contribution in [3.05, 3.63) is 65.7 Å². The molecule has 0 bridgehead atoms. The lowest BCUT2D eigenvalue weighted by atomic mass is 10.1. The highest BCUT2D eigenvalue weighted by molar-refractivity contribution is 7.87. The Kier molecular flexibility index (Phi) is 8.02. The summed E-state index contributed by atoms with van der Waals surface area (Å²) < 4.78 is 33.9. The molecule has 2 rings (SSSR count). The van der Waals surface area contributed by atoms with Crippen LogP contribution in [0.3, 0.4) is 0 Å². The van der Waals surface area contributed by atoms with Gasteiger partial charge >= 0.3 is 10.1 Å². The van der Waals surface area contributed by atoms with Crippen molar-refractivity contribution in [2.24, 2.45) is 0 Å². The van der Waals surface area contributed by atoms with Crippen LogP contribution >= 0.6 is 0 Å². The van der Waals surface area contributed by atoms with E-state index >= 15 is 0 Å². The van der Waals surface area contributed by atoms with Gasteiger partial charge in [0.2, 0.25) is 5.91 Å². The molecule has 0 aliphatic rings. The summed E-state index contributed by atoms with van der Waals surface area (Å²) in [7, 11) is -3.59. The maximum Gasteiger partial charge on any atom is 0.308 e. The summed E-state index contributed by atoms with van der Waals surface area (Å²) in [6, 6.07) is 16.4. The molecule has 7 heteroatoms. The van der Waals surface area contributed by atoms with Crippen molar-refractivity contribution in [3.63, 3.8) is 0 Å². The maximum absolute atomic E-state index is 12.6. The summed E-state index contributed by atoms with van der Waals surface area (Å²) in [6.07, 6.45) is 0. The Balaban J connectivity index is 1.99. The molecule has 152 valence electrons. The van der Waals surface area contributed by atoms with Crippen molar-refractivity contribution < 1.29 is 22.1 Å². The van der Waals surface area contributed by atoms with Crippen molar-refractivity contribution in [3.8, 4) is 5.75 Å². The molecular formula is C21H27NO5S. The zero-order valence-electron chi connectivity index (χ0n) is 16.5. The van der Waals surface area contributed by atoms with Crippen LogP contribution in [0.5, 0.6) is 5.75 Å². The van der Waals surface area contributed by atoms with Gasteiger partial charge in [0, 0.05) is 12.6 Å². The van der Waals surface area contributed by atoms with Crippen LogP contribution in [0.15, 0.2) is 54.6 Å². The fourth-order valence-electron chi connectivity index (χ4n) is 2.57. The van der Waals surface area contributed by atoms with E-state index in [4.69, 9.17) is 8.92 Å². The third-order valence-electron chi connectivity index (χ3n) is 4.11. The van der Waals surface area contributed by atoms with E-state index in [1.54, 1.807) is 23.1 Å². The second kappa shape index (κ2) is 10.2. The van der Waals surface area contributed by atoms with Gasteiger partial charge in [0.15, 0.2) is 0 Å². The number of hydrogen-bond donors (Lipinski definition) is 0. The lowest BCUT2D eigenvalue weighted by Gasteiger charge is -2.27. The number of amides is 1. The van der Waals surface area contributed by atoms with Crippen molar-refractivity contribution in [2.45, 2.75) is 40.0 Å². The number of benzene rings is 2. The molecule has 0 N–H and O–H groups in total. The first-order chi connectivity index (χ1) is 13.3. The standard InChI is InChI=1S/C21H27NO5S/c1-4-28(24,25)27-20-12-8-11-19(13-20)14-22(17(2)3)21(23)16-26-15-18-9-6-5-7-10-18/h5-13,17H,4,14-16H2,1-3H3. The van der Waals surface area contributed by atoms with Crippen LogP contribution in [0.2, 0.25) is 0 Å². The average Bonchev–Trinajstić information content (AvgIpc) is 2.66. The van der Waals surface area contributed by atoms with Gasteiger partial charge in [-0.3, -0.25) is 4.79 Å². The van der Waals surface area contributed by atoms with Crippen molar-refractivity contribution in [1.82, 2.24) is 4.90 Å². The third-order valence-corrected chi connectivity index (χ3v) is 5.26. The summed E-state index contributed by atoms with van der Waals surface area (Å²) in [5.41, 5.74) is 1.79. The van der Waals surface area contributed by atoms with Gasteiger partial charge in [-0.15, -0.1) is 0 Å². The zero-order valence-corrected chi connectivity index (χ0v) is 17.3. The van der Waals surface area contributed by atoms with E-state index in [1.165, 1.54) is 6.92 Å². The molecular weight excluding hydrogens is 378 g/mol. The van der Waals surface area contributed by atoms with Gasteiger partial charge in [-0.1, -0.05) is 42.5 Å². The SMILES string of the molecule is CCS(=O)(=O)Oc1cccc(CN(C(=O)COCc2ccccc2)C(C)C)c1. The van der Waals surface area contributed by atoms with Crippen LogP contribution in [0.4, 0.5) is 0 Å². The molecule has 0 atom stereocenters. The average molecular weight is 406 g/mol. The monoisotopic (exact) mass is 405 g/mol. The Hall–Kier alpha value is -2.38. The van der Waals surface area contributed by atoms with E-state index in [0.717, 1.165) is 11.1 Å². The number of rotatable bonds is 10. The molecule has 0 unspecified atom stereocenters. The Morgan fingerprint density at radius 1 is 1.04 bits per heavy atom. The quantitative estimate of drug-likeness (QED) is 0.567. The van der Waals surface area contributed by atoms with E-state index in [9.17, 15) is 13.2 Å². The maximum atomic E-state index is 12.6. The van der Waals surface area contributed by atoms with Gasteiger partial charge < -0.3 is 13.8 Å². The highest BCUT2D eigenvalue weighted by Gasteiger charge is 2.18. The number of carbonyl (C=O) groups excluding carboxylic acids is 1. The fraction of sp³-hybridized carbons (Fsp3) is 0.381. The summed E-state index contributed by atoms with van der Waals surface area (Å²) in [5, 5.41) is 0. The first kappa shape index (κ1) is 21.9. The van der Waals surface area contributed by atoms with Crippen molar-refractivity contribution in [1.29, 1.82) is 0 Å². The number of carbonyl (C=O) groups is 1. The molecule has 0 fully saturated rings. The summed E-state index contributed by atoms with van der Waals surface area (Å²) in [5.74, 6) is 0.0151. The van der Waals surface area contributed by atoms with Crippen LogP contribution < -0.4 is 4.18 Å². The lowest BCUT2D eigenvalue weighted by Crippen LogP contribution is -2.38. The van der Waals surface area contributed by atoms with Crippen molar-refractivity contribution >= 4 is 16.0 Å². The molecule has 6 nitrogen and oxygen atoms in total. The summed E-state index contributed by atoms with van der Waals surface area (Å²) >= 11 is 0. The van der Waals surface area contributed by atoms with Gasteiger partial charge in [0.1, 0.15) is 12.4 Å². The van der Waals surface area contributed by atoms with E-state index in [2.05, 4.69) is 0 Å². The molecule has 0 aromatic heterocycles. The molecule has 0 radical (unpaired) electrons. The topological polar surface area (TPSA) is 72.9 Å². The molecule has 1 amide bonds. The largest absolute Gasteiger partial charge is 0.382 e. The van der Waals surface area contributed by atoms with Crippen LogP contribution in [0.25, 0.3) is 0 Å². The lowest BCUT2D eigenvalue weighted by molar-refractivity contribution is -0.139. The van der Waals surface area contributed by atoms with E-state index in [0.29, 0.717) is 13.2 Å². The second-order valence-electron chi connectivity index (χ2n) is 6.67. The van der Waals surface area contributed by atoms with Crippen LogP contribution in [0, 0.1) is 0 Å². The minimum Gasteiger partial charge on any atom is -0.382 e. The molecule has 0 saturated carbocycles. The van der Waals surface area contributed by atoms with E-state index in [-0.39, 0.29) is 30.1 Å². The Bertz CT molecular complexity index is 865. The Labute approximate surface area is 167 Å². The van der Waals surface area contributed by atoms with Gasteiger partial charge in [-0.05, 0) is 44.0 Å². The molecule has 0 spiro atoms. The van der Waals surface area contributed by atoms with Crippen LogP contribution in [-0.4, -0.2) is 37.6 Å². The second-order valence-corrected chi connectivity index (χ2v) is 8.53. The number of hydrogen-bond acceptors (Lipinski definition) is 5. The first-order valence-electron chi connectivity index (χ1n) is 9.23. The number of nitrogens with zero attached hydrogens (tertiary/aromatic N) is 1. The Morgan fingerprint density at radius 3 is 2.36 bits per heavy atom. The van der Waals surface area contributed by atoms with Gasteiger partial charge in [-0.2, -0.15) is 8.42 Å². The number of ether oxygens (including phenoxy) is 1. The normalized spacial score (nSPS) is 11.4. The molecule has 0 aliphatic heterocycles. The highest BCUT2D eigenvalue weighted by atomic mass is 32.2. The Morgan fingerprint density at radius 2 is 1.71 bits per heavy atom. The molecule has 0 saturated heterocycles. The van der Waals surface area contributed by atoms with Crippen LogP contribution in [0.1, 0.15) is 31.9 Å². The van der Waals surface area contributed by atoms with Crippen LogP contribution in [-0.2, 0) is 32.8 Å². The van der Waals surface area contributed by atoms with Gasteiger partial charge in [-0.25, -0.2) is 0 Å². The fourth-order valence-corrected chi connectivity index (χ4v) is 3.08. The van der Waals surface area contributed by atoms with Gasteiger partial charge in [0.25, 0.3) is 0 Å². The predicted octanol–water partition coefficient (Wildman–Crippen LogP) is 3.37. The van der Waals surface area contributed by atoms with Crippen molar-refractivity contribution in [2.75, 3.05) is 12.4 Å². The zero-order chi connectivity index (χ0) is 20.6. The minimum atomic E-state index is -3.59. The highest BCUT2D eigenvalue weighted by Crippen LogP contribution is 2.18.